The fourth-order valence-corrected chi connectivity index (χ4v) is 3.65. The number of halogens is 4. The maximum atomic E-state index is 13.1. The summed E-state index contributed by atoms with van der Waals surface area (Å²) in [5.74, 6) is -2.91. The summed E-state index contributed by atoms with van der Waals surface area (Å²) in [4.78, 5) is 21.2. The number of carboxylic acids is 2. The molecule has 4 atom stereocenters. The summed E-state index contributed by atoms with van der Waals surface area (Å²) in [5, 5.41) is 17.4. The summed E-state index contributed by atoms with van der Waals surface area (Å²) in [6, 6.07) is 9.56. The van der Waals surface area contributed by atoms with Crippen LogP contribution in [-0.4, -0.2) is 22.2 Å². The molecule has 2 N–H and O–H groups in total. The Labute approximate surface area is 176 Å². The maximum Gasteiger partial charge on any atom is 0.307 e. The molecule has 2 saturated carbocycles. The average Bonchev–Trinajstić information content (AvgIpc) is 3.53. The molecule has 28 heavy (non-hydrogen) atoms. The lowest BCUT2D eigenvalue weighted by Gasteiger charge is -2.00. The fraction of sp³-hybridized carbons (Fsp3) is 0.300. The van der Waals surface area contributed by atoms with E-state index in [1.807, 2.05) is 0 Å². The maximum absolute atomic E-state index is 13.1. The Bertz CT molecular complexity index is 859. The van der Waals surface area contributed by atoms with E-state index in [-0.39, 0.29) is 35.3 Å². The Morgan fingerprint density at radius 1 is 0.786 bits per heavy atom. The summed E-state index contributed by atoms with van der Waals surface area (Å²) in [6.45, 7) is 0. The van der Waals surface area contributed by atoms with Crippen molar-refractivity contribution in [2.45, 2.75) is 24.7 Å². The van der Waals surface area contributed by atoms with Crippen molar-refractivity contribution in [1.29, 1.82) is 0 Å². The van der Waals surface area contributed by atoms with Crippen molar-refractivity contribution in [3.8, 4) is 0 Å². The van der Waals surface area contributed by atoms with Crippen LogP contribution in [0.3, 0.4) is 0 Å². The highest BCUT2D eigenvalue weighted by Gasteiger charge is 2.45. The van der Waals surface area contributed by atoms with Crippen molar-refractivity contribution in [2.75, 3.05) is 0 Å². The summed E-state index contributed by atoms with van der Waals surface area (Å²) in [6.07, 6.45) is 1.24. The van der Waals surface area contributed by atoms with E-state index in [1.165, 1.54) is 12.1 Å². The molecule has 0 bridgehead atoms. The molecule has 2 aromatic carbocycles. The number of rotatable bonds is 4. The number of hydrogen-bond acceptors (Lipinski definition) is 2. The Kier molecular flexibility index (Phi) is 6.19. The van der Waals surface area contributed by atoms with Gasteiger partial charge in [0, 0.05) is 0 Å². The van der Waals surface area contributed by atoms with Gasteiger partial charge in [-0.25, -0.2) is 8.78 Å². The van der Waals surface area contributed by atoms with E-state index in [1.54, 1.807) is 24.3 Å². The van der Waals surface area contributed by atoms with E-state index in [9.17, 15) is 18.4 Å². The van der Waals surface area contributed by atoms with Crippen LogP contribution >= 0.6 is 31.9 Å². The van der Waals surface area contributed by atoms with E-state index in [2.05, 4.69) is 31.9 Å². The first-order chi connectivity index (χ1) is 13.2. The van der Waals surface area contributed by atoms with E-state index >= 15 is 0 Å². The lowest BCUT2D eigenvalue weighted by Crippen LogP contribution is -1.99. The van der Waals surface area contributed by atoms with E-state index in [4.69, 9.17) is 10.2 Å². The Balaban J connectivity index is 0.000000161. The van der Waals surface area contributed by atoms with Gasteiger partial charge in [0.1, 0.15) is 11.6 Å². The molecular formula is C20H16Br2F2O4. The molecule has 0 radical (unpaired) electrons. The molecule has 8 heteroatoms. The zero-order valence-electron chi connectivity index (χ0n) is 14.4. The number of aliphatic carboxylic acids is 2. The van der Waals surface area contributed by atoms with E-state index in [0.717, 1.165) is 11.1 Å². The molecule has 2 aliphatic carbocycles. The molecule has 0 saturated heterocycles. The number of carbonyl (C=O) groups is 2. The monoisotopic (exact) mass is 516 g/mol. The highest BCUT2D eigenvalue weighted by molar-refractivity contribution is 9.10. The quantitative estimate of drug-likeness (QED) is 0.557. The highest BCUT2D eigenvalue weighted by Crippen LogP contribution is 2.48. The molecule has 148 valence electrons. The van der Waals surface area contributed by atoms with Gasteiger partial charge >= 0.3 is 11.9 Å². The van der Waals surface area contributed by atoms with E-state index < -0.39 is 11.9 Å². The lowest BCUT2D eigenvalue weighted by atomic mass is 10.1. The van der Waals surface area contributed by atoms with Gasteiger partial charge in [-0.05, 0) is 91.9 Å². The molecule has 2 aliphatic rings. The van der Waals surface area contributed by atoms with Gasteiger partial charge < -0.3 is 10.2 Å². The van der Waals surface area contributed by atoms with Crippen LogP contribution in [0, 0.1) is 23.5 Å². The first-order valence-electron chi connectivity index (χ1n) is 8.54. The third-order valence-corrected chi connectivity index (χ3v) is 6.25. The van der Waals surface area contributed by atoms with Crippen molar-refractivity contribution >= 4 is 43.8 Å². The molecule has 4 rings (SSSR count). The second-order valence-electron chi connectivity index (χ2n) is 6.92. The van der Waals surface area contributed by atoms with Crippen molar-refractivity contribution < 1.29 is 28.6 Å². The third-order valence-electron chi connectivity index (χ3n) is 4.96. The van der Waals surface area contributed by atoms with Gasteiger partial charge in [-0.2, -0.15) is 0 Å². The van der Waals surface area contributed by atoms with Gasteiger partial charge in [-0.3, -0.25) is 9.59 Å². The van der Waals surface area contributed by atoms with Gasteiger partial charge in [0.05, 0.1) is 20.8 Å². The summed E-state index contributed by atoms with van der Waals surface area (Å²) in [5.41, 5.74) is 1.55. The van der Waals surface area contributed by atoms with Crippen LogP contribution in [0.15, 0.2) is 45.3 Å². The molecular weight excluding hydrogens is 502 g/mol. The Hall–Kier alpha value is -1.80. The van der Waals surface area contributed by atoms with Crippen molar-refractivity contribution in [3.63, 3.8) is 0 Å². The lowest BCUT2D eigenvalue weighted by molar-refractivity contribution is -0.139. The highest BCUT2D eigenvalue weighted by atomic mass is 79.9. The number of benzene rings is 2. The zero-order chi connectivity index (χ0) is 20.6. The fourth-order valence-electron chi connectivity index (χ4n) is 3.16. The van der Waals surface area contributed by atoms with Crippen LogP contribution < -0.4 is 0 Å². The summed E-state index contributed by atoms with van der Waals surface area (Å²) in [7, 11) is 0. The molecule has 2 fully saturated rings. The van der Waals surface area contributed by atoms with Gasteiger partial charge in [-0.1, -0.05) is 12.1 Å². The normalized spacial score (nSPS) is 24.7. The Morgan fingerprint density at radius 3 is 1.39 bits per heavy atom. The predicted octanol–water partition coefficient (Wildman–Crippen LogP) is 5.55. The molecule has 0 amide bonds. The minimum atomic E-state index is -0.793. The van der Waals surface area contributed by atoms with Crippen LogP contribution in [0.4, 0.5) is 8.78 Å². The molecule has 2 aromatic rings. The largest absolute Gasteiger partial charge is 0.481 e. The van der Waals surface area contributed by atoms with Crippen LogP contribution in [0.25, 0.3) is 0 Å². The van der Waals surface area contributed by atoms with E-state index in [0.29, 0.717) is 21.8 Å². The van der Waals surface area contributed by atoms with Gasteiger partial charge in [-0.15, -0.1) is 0 Å². The van der Waals surface area contributed by atoms with Crippen molar-refractivity contribution in [3.05, 3.63) is 68.1 Å². The summed E-state index contributed by atoms with van der Waals surface area (Å²) < 4.78 is 27.0. The van der Waals surface area contributed by atoms with Crippen LogP contribution in [0.5, 0.6) is 0 Å². The zero-order valence-corrected chi connectivity index (χ0v) is 17.6. The van der Waals surface area contributed by atoms with Crippen LogP contribution in [-0.2, 0) is 9.59 Å². The summed E-state index contributed by atoms with van der Waals surface area (Å²) >= 11 is 6.10. The average molecular weight is 518 g/mol. The molecule has 0 unspecified atom stereocenters. The van der Waals surface area contributed by atoms with Crippen molar-refractivity contribution in [2.24, 2.45) is 11.8 Å². The molecule has 4 nitrogen and oxygen atoms in total. The minimum Gasteiger partial charge on any atom is -0.481 e. The molecule has 0 aromatic heterocycles. The number of hydrogen-bond donors (Lipinski definition) is 2. The van der Waals surface area contributed by atoms with Gasteiger partial charge in [0.25, 0.3) is 0 Å². The van der Waals surface area contributed by atoms with Gasteiger partial charge in [0.15, 0.2) is 0 Å². The smallest absolute Gasteiger partial charge is 0.307 e. The second-order valence-corrected chi connectivity index (χ2v) is 8.63. The molecule has 0 spiro atoms. The minimum absolute atomic E-state index is 0.00454. The van der Waals surface area contributed by atoms with Crippen LogP contribution in [0.2, 0.25) is 0 Å². The molecule has 0 aliphatic heterocycles. The predicted molar refractivity (Wildman–Crippen MR) is 105 cm³/mol. The first kappa shape index (κ1) is 20.9. The molecule has 0 heterocycles. The van der Waals surface area contributed by atoms with Crippen LogP contribution in [0.1, 0.15) is 35.8 Å². The third kappa shape index (κ3) is 4.78. The van der Waals surface area contributed by atoms with Gasteiger partial charge in [0.2, 0.25) is 0 Å². The topological polar surface area (TPSA) is 74.6 Å². The SMILES string of the molecule is O=C(O)[C@@H]1C[C@H]1c1ccc(Br)c(F)c1.O=C(O)[C@H]1C[C@@H]1c1ccc(Br)c(F)c1. The first-order valence-corrected chi connectivity index (χ1v) is 10.1. The Morgan fingerprint density at radius 2 is 1.14 bits per heavy atom. The standard InChI is InChI=1S/2C10H8BrFO2/c2*11-8-2-1-5(3-9(8)12)6-4-7(6)10(13)14/h2*1-3,6-7H,4H2,(H,13,14)/t2*6-,7+/m10/s1. The van der Waals surface area contributed by atoms with Crippen molar-refractivity contribution in [1.82, 2.24) is 0 Å². The second kappa shape index (κ2) is 8.29. The number of carboxylic acid groups (broad SMARTS) is 2.